The highest BCUT2D eigenvalue weighted by Gasteiger charge is 2.54. The van der Waals surface area contributed by atoms with Gasteiger partial charge < -0.3 is 19.6 Å². The number of aromatic nitrogens is 1. The van der Waals surface area contributed by atoms with Crippen LogP contribution in [0.4, 0.5) is 0 Å². The van der Waals surface area contributed by atoms with Crippen LogP contribution in [-0.2, 0) is 4.79 Å². The van der Waals surface area contributed by atoms with Crippen molar-refractivity contribution in [1.29, 1.82) is 0 Å². The highest BCUT2D eigenvalue weighted by Crippen LogP contribution is 2.63. The molecular weight excluding hydrogens is 398 g/mol. The zero-order chi connectivity index (χ0) is 19.4. The fraction of sp³-hybridized carbons (Fsp3) is 0.500. The highest BCUT2D eigenvalue weighted by molar-refractivity contribution is 8.00. The minimum Gasteiger partial charge on any atom is -0.493 e. The number of hydrogen-bond acceptors (Lipinski definition) is 6. The number of carbonyl (C=O) groups is 1. The Morgan fingerprint density at radius 2 is 2.11 bits per heavy atom. The van der Waals surface area contributed by atoms with Crippen LogP contribution in [0.25, 0.3) is 0 Å². The Morgan fingerprint density at radius 3 is 2.89 bits per heavy atom. The fourth-order valence-electron chi connectivity index (χ4n) is 5.36. The Labute approximate surface area is 170 Å². The van der Waals surface area contributed by atoms with E-state index in [-0.39, 0.29) is 10.8 Å². The molecule has 148 valence electrons. The van der Waals surface area contributed by atoms with Gasteiger partial charge in [0.25, 0.3) is 0 Å². The van der Waals surface area contributed by atoms with Gasteiger partial charge in [-0.3, -0.25) is 4.79 Å². The lowest BCUT2D eigenvalue weighted by atomic mass is 9.75. The number of carboxylic acid groups (broad SMARTS) is 1. The molecule has 2 bridgehead atoms. The van der Waals surface area contributed by atoms with E-state index in [1.54, 1.807) is 13.2 Å². The number of aromatic amines is 1. The van der Waals surface area contributed by atoms with Gasteiger partial charge in [0.15, 0.2) is 18.1 Å². The number of hydrogen-bond donors (Lipinski definition) is 2. The van der Waals surface area contributed by atoms with Crippen LogP contribution in [-0.4, -0.2) is 35.0 Å². The van der Waals surface area contributed by atoms with Gasteiger partial charge in [-0.1, -0.05) is 17.4 Å². The predicted octanol–water partition coefficient (Wildman–Crippen LogP) is 3.56. The smallest absolute Gasteiger partial charge is 0.341 e. The molecule has 0 radical (unpaired) electrons. The van der Waals surface area contributed by atoms with Crippen molar-refractivity contribution in [3.05, 3.63) is 38.3 Å². The molecule has 2 N–H and O–H groups in total. The summed E-state index contributed by atoms with van der Waals surface area (Å²) in [5.74, 6) is 2.06. The van der Waals surface area contributed by atoms with E-state index in [1.165, 1.54) is 30.6 Å². The number of H-pyrrole nitrogens is 1. The molecule has 2 aromatic rings. The lowest BCUT2D eigenvalue weighted by Crippen LogP contribution is -2.33. The Kier molecular flexibility index (Phi) is 4.43. The second kappa shape index (κ2) is 6.84. The molecule has 2 fully saturated rings. The number of ether oxygens (including phenoxy) is 2. The molecule has 0 spiro atoms. The first-order chi connectivity index (χ1) is 13.5. The molecule has 5 atom stereocenters. The van der Waals surface area contributed by atoms with Gasteiger partial charge in [-0.25, -0.2) is 4.79 Å². The van der Waals surface area contributed by atoms with Crippen LogP contribution in [0.3, 0.4) is 0 Å². The van der Waals surface area contributed by atoms with Crippen LogP contribution in [0.1, 0.15) is 35.6 Å². The molecule has 28 heavy (non-hydrogen) atoms. The first kappa shape index (κ1) is 18.1. The van der Waals surface area contributed by atoms with Gasteiger partial charge in [-0.05, 0) is 54.7 Å². The Morgan fingerprint density at radius 1 is 1.29 bits per heavy atom. The number of rotatable bonds is 5. The van der Waals surface area contributed by atoms with E-state index in [4.69, 9.17) is 14.6 Å². The maximum Gasteiger partial charge on any atom is 0.341 e. The van der Waals surface area contributed by atoms with E-state index in [0.717, 1.165) is 21.4 Å². The number of methoxy groups -OCH3 is 1. The van der Waals surface area contributed by atoms with Crippen molar-refractivity contribution in [2.45, 2.75) is 35.5 Å². The molecule has 0 amide bonds. The van der Waals surface area contributed by atoms with E-state index >= 15 is 0 Å². The second-order valence-electron chi connectivity index (χ2n) is 7.77. The van der Waals surface area contributed by atoms with E-state index in [2.05, 4.69) is 4.98 Å². The third kappa shape index (κ3) is 2.85. The molecule has 6 nitrogen and oxygen atoms in total. The summed E-state index contributed by atoms with van der Waals surface area (Å²) in [5.41, 5.74) is 1.11. The van der Waals surface area contributed by atoms with Gasteiger partial charge in [-0.2, -0.15) is 0 Å². The van der Waals surface area contributed by atoms with E-state index in [0.29, 0.717) is 28.6 Å². The van der Waals surface area contributed by atoms with Crippen molar-refractivity contribution in [2.75, 3.05) is 13.7 Å². The summed E-state index contributed by atoms with van der Waals surface area (Å²) in [6.45, 7) is -0.409. The number of aliphatic carboxylic acids is 1. The van der Waals surface area contributed by atoms with Crippen molar-refractivity contribution >= 4 is 29.1 Å². The van der Waals surface area contributed by atoms with Gasteiger partial charge in [0.1, 0.15) is 0 Å². The first-order valence-electron chi connectivity index (χ1n) is 9.47. The van der Waals surface area contributed by atoms with Crippen LogP contribution in [0.15, 0.2) is 28.0 Å². The monoisotopic (exact) mass is 419 g/mol. The first-order valence-corrected chi connectivity index (χ1v) is 11.2. The number of fused-ring (bicyclic) bond motifs is 6. The maximum atomic E-state index is 12.1. The summed E-state index contributed by atoms with van der Waals surface area (Å²) in [6.07, 6.45) is 3.85. The summed E-state index contributed by atoms with van der Waals surface area (Å²) in [7, 11) is 1.56. The summed E-state index contributed by atoms with van der Waals surface area (Å²) in [4.78, 5) is 27.1. The largest absolute Gasteiger partial charge is 0.493 e. The topological polar surface area (TPSA) is 88.6 Å². The van der Waals surface area contributed by atoms with Crippen LogP contribution in [0, 0.1) is 17.8 Å². The molecule has 5 rings (SSSR count). The average molecular weight is 420 g/mol. The SMILES string of the molecule is COc1cc([C@H]2c3sc(=O)[nH]c3S[C@@H]3[C@@H]4CC[C@H](C4)[C@H]23)ccc1OCC(=O)O. The number of nitrogens with one attached hydrogen (secondary N) is 1. The minimum absolute atomic E-state index is 0.00296. The lowest BCUT2D eigenvalue weighted by Gasteiger charge is -2.40. The zero-order valence-electron chi connectivity index (χ0n) is 15.3. The third-order valence-electron chi connectivity index (χ3n) is 6.36. The number of thioether (sulfide) groups is 1. The molecule has 8 heteroatoms. The van der Waals surface area contributed by atoms with E-state index in [9.17, 15) is 9.59 Å². The van der Waals surface area contributed by atoms with Crippen LogP contribution >= 0.6 is 23.1 Å². The lowest BCUT2D eigenvalue weighted by molar-refractivity contribution is -0.139. The van der Waals surface area contributed by atoms with Crippen molar-refractivity contribution in [2.24, 2.45) is 17.8 Å². The number of carboxylic acids is 1. The molecule has 0 saturated heterocycles. The molecule has 3 aliphatic rings. The zero-order valence-corrected chi connectivity index (χ0v) is 17.0. The van der Waals surface area contributed by atoms with Crippen molar-refractivity contribution in [3.63, 3.8) is 0 Å². The molecule has 1 aromatic carbocycles. The molecule has 2 saturated carbocycles. The number of benzene rings is 1. The van der Waals surface area contributed by atoms with Gasteiger partial charge >= 0.3 is 10.8 Å². The van der Waals surface area contributed by atoms with Gasteiger partial charge in [-0.15, -0.1) is 11.8 Å². The molecule has 0 unspecified atom stereocenters. The van der Waals surface area contributed by atoms with E-state index < -0.39 is 12.6 Å². The standard InChI is InChI=1S/C20H21NO5S2/c1-25-13-7-10(4-5-12(13)26-8-14(22)23)16-15-9-2-3-11(6-9)17(15)27-19-18(16)28-20(24)21-19/h4-5,7,9,11,15-17H,2-3,6,8H2,1H3,(H,21,24)(H,22,23)/t9-,11-,15-,16-,17-/m1/s1. The molecular formula is C20H21NO5S2. The summed E-state index contributed by atoms with van der Waals surface area (Å²) in [5, 5.41) is 10.4. The second-order valence-corrected chi connectivity index (χ2v) is 9.97. The third-order valence-corrected chi connectivity index (χ3v) is 8.99. The quantitative estimate of drug-likeness (QED) is 0.770. The average Bonchev–Trinajstić information content (AvgIpc) is 3.38. The number of thiazole rings is 1. The van der Waals surface area contributed by atoms with E-state index in [1.807, 2.05) is 23.9 Å². The van der Waals surface area contributed by atoms with Crippen LogP contribution < -0.4 is 14.3 Å². The summed E-state index contributed by atoms with van der Waals surface area (Å²) in [6, 6.07) is 5.74. The summed E-state index contributed by atoms with van der Waals surface area (Å²) >= 11 is 3.19. The highest BCUT2D eigenvalue weighted by atomic mass is 32.2. The molecule has 2 aliphatic carbocycles. The van der Waals surface area contributed by atoms with Crippen LogP contribution in [0.2, 0.25) is 0 Å². The van der Waals surface area contributed by atoms with Gasteiger partial charge in [0.05, 0.1) is 12.1 Å². The molecule has 1 aliphatic heterocycles. The Hall–Kier alpha value is -1.93. The fourth-order valence-corrected chi connectivity index (χ4v) is 8.25. The van der Waals surface area contributed by atoms with Crippen LogP contribution in [0.5, 0.6) is 11.5 Å². The van der Waals surface area contributed by atoms with Crippen molar-refractivity contribution in [3.8, 4) is 11.5 Å². The minimum atomic E-state index is -1.03. The van der Waals surface area contributed by atoms with Gasteiger partial charge in [0.2, 0.25) is 0 Å². The predicted molar refractivity (Wildman–Crippen MR) is 107 cm³/mol. The Bertz CT molecular complexity index is 983. The Balaban J connectivity index is 1.56. The maximum absolute atomic E-state index is 12.1. The molecule has 2 heterocycles. The normalized spacial score (nSPS) is 30.0. The van der Waals surface area contributed by atoms with Crippen molar-refractivity contribution < 1.29 is 19.4 Å². The summed E-state index contributed by atoms with van der Waals surface area (Å²) < 4.78 is 10.8. The van der Waals surface area contributed by atoms with Gasteiger partial charge in [0, 0.05) is 16.0 Å². The molecule has 1 aromatic heterocycles. The van der Waals surface area contributed by atoms with Crippen molar-refractivity contribution in [1.82, 2.24) is 4.98 Å².